The van der Waals surface area contributed by atoms with Crippen LogP contribution in [0.25, 0.3) is 0 Å². The Balaban J connectivity index is 3.09. The van der Waals surface area contributed by atoms with Crippen molar-refractivity contribution in [3.63, 3.8) is 0 Å². The minimum Gasteiger partial charge on any atom is -0.485 e. The lowest BCUT2D eigenvalue weighted by molar-refractivity contribution is -0.386. The van der Waals surface area contributed by atoms with E-state index in [0.29, 0.717) is 10.0 Å². The first-order valence-corrected chi connectivity index (χ1v) is 5.54. The van der Waals surface area contributed by atoms with Crippen LogP contribution in [0.3, 0.4) is 0 Å². The van der Waals surface area contributed by atoms with E-state index in [1.807, 2.05) is 0 Å². The minimum atomic E-state index is -0.464. The van der Waals surface area contributed by atoms with Gasteiger partial charge in [-0.05, 0) is 25.5 Å². The maximum absolute atomic E-state index is 10.8. The number of nitrogens with two attached hydrogens (primary N) is 1. The summed E-state index contributed by atoms with van der Waals surface area (Å²) in [7, 11) is 0. The second-order valence-corrected chi connectivity index (χ2v) is 4.53. The van der Waals surface area contributed by atoms with Gasteiger partial charge in [0.15, 0.2) is 5.75 Å². The highest BCUT2D eigenvalue weighted by atomic mass is 79.9. The van der Waals surface area contributed by atoms with Crippen LogP contribution in [0.1, 0.15) is 12.5 Å². The molecule has 1 aromatic rings. The third-order valence-corrected chi connectivity index (χ3v) is 2.36. The van der Waals surface area contributed by atoms with Crippen LogP contribution in [0.2, 0.25) is 0 Å². The van der Waals surface area contributed by atoms with Crippen molar-refractivity contribution in [1.29, 1.82) is 0 Å². The molecule has 0 aliphatic rings. The molecule has 5 nitrogen and oxygen atoms in total. The highest BCUT2D eigenvalue weighted by Gasteiger charge is 2.19. The zero-order valence-corrected chi connectivity index (χ0v) is 10.7. The first kappa shape index (κ1) is 12.9. The molecule has 0 bridgehead atoms. The zero-order chi connectivity index (χ0) is 12.3. The number of hydrogen-bond acceptors (Lipinski definition) is 4. The average molecular weight is 289 g/mol. The summed E-state index contributed by atoms with van der Waals surface area (Å²) in [6, 6.07) is 3.02. The van der Waals surface area contributed by atoms with E-state index in [-0.39, 0.29) is 24.1 Å². The second kappa shape index (κ2) is 5.27. The van der Waals surface area contributed by atoms with Crippen LogP contribution in [0.15, 0.2) is 16.6 Å². The zero-order valence-electron chi connectivity index (χ0n) is 9.07. The lowest BCUT2D eigenvalue weighted by Crippen LogP contribution is -2.24. The van der Waals surface area contributed by atoms with E-state index in [4.69, 9.17) is 10.5 Å². The fourth-order valence-electron chi connectivity index (χ4n) is 1.25. The highest BCUT2D eigenvalue weighted by molar-refractivity contribution is 9.10. The number of nitro groups is 1. The maximum atomic E-state index is 10.8. The molecule has 0 fully saturated rings. The minimum absolute atomic E-state index is 0.0486. The molecule has 0 radical (unpaired) electrons. The Morgan fingerprint density at radius 1 is 1.62 bits per heavy atom. The Kier molecular flexibility index (Phi) is 4.26. The molecule has 1 aromatic carbocycles. The van der Waals surface area contributed by atoms with Crippen molar-refractivity contribution in [2.24, 2.45) is 5.73 Å². The molecule has 0 saturated carbocycles. The van der Waals surface area contributed by atoms with Crippen LogP contribution in [0.4, 0.5) is 5.69 Å². The van der Waals surface area contributed by atoms with Crippen molar-refractivity contribution in [3.05, 3.63) is 32.3 Å². The highest BCUT2D eigenvalue weighted by Crippen LogP contribution is 2.34. The van der Waals surface area contributed by atoms with Gasteiger partial charge in [0, 0.05) is 16.6 Å². The Morgan fingerprint density at radius 3 is 2.75 bits per heavy atom. The SMILES string of the molecule is Cc1cc(Br)cc([N+](=O)[O-])c1OCC(C)N. The van der Waals surface area contributed by atoms with Crippen LogP contribution in [-0.4, -0.2) is 17.6 Å². The van der Waals surface area contributed by atoms with Gasteiger partial charge in [0.25, 0.3) is 0 Å². The first-order valence-electron chi connectivity index (χ1n) is 4.74. The number of halogens is 1. The number of benzene rings is 1. The average Bonchev–Trinajstić information content (AvgIpc) is 2.14. The fourth-order valence-corrected chi connectivity index (χ4v) is 1.81. The quantitative estimate of drug-likeness (QED) is 0.682. The molecule has 1 atom stereocenters. The Morgan fingerprint density at radius 2 is 2.25 bits per heavy atom. The molecule has 0 heterocycles. The number of hydrogen-bond donors (Lipinski definition) is 1. The summed E-state index contributed by atoms with van der Waals surface area (Å²) in [5.74, 6) is 0.283. The van der Waals surface area contributed by atoms with Gasteiger partial charge in [-0.2, -0.15) is 0 Å². The normalized spacial score (nSPS) is 12.2. The number of nitrogens with zero attached hydrogens (tertiary/aromatic N) is 1. The van der Waals surface area contributed by atoms with Crippen molar-refractivity contribution in [3.8, 4) is 5.75 Å². The predicted molar refractivity (Wildman–Crippen MR) is 64.7 cm³/mol. The first-order chi connectivity index (χ1) is 7.41. The fraction of sp³-hybridized carbons (Fsp3) is 0.400. The molecule has 0 aromatic heterocycles. The van der Waals surface area contributed by atoms with Crippen LogP contribution < -0.4 is 10.5 Å². The topological polar surface area (TPSA) is 78.4 Å². The maximum Gasteiger partial charge on any atom is 0.312 e. The lowest BCUT2D eigenvalue weighted by Gasteiger charge is -2.11. The number of nitro benzene ring substituents is 1. The van der Waals surface area contributed by atoms with Crippen molar-refractivity contribution < 1.29 is 9.66 Å². The van der Waals surface area contributed by atoms with E-state index in [2.05, 4.69) is 15.9 Å². The molecular weight excluding hydrogens is 276 g/mol. The summed E-state index contributed by atoms with van der Waals surface area (Å²) in [5.41, 5.74) is 6.20. The summed E-state index contributed by atoms with van der Waals surface area (Å²) in [4.78, 5) is 10.4. The third kappa shape index (κ3) is 3.18. The second-order valence-electron chi connectivity index (χ2n) is 3.62. The van der Waals surface area contributed by atoms with Crippen LogP contribution in [0, 0.1) is 17.0 Å². The van der Waals surface area contributed by atoms with Gasteiger partial charge in [-0.3, -0.25) is 10.1 Å². The molecule has 0 spiro atoms. The smallest absolute Gasteiger partial charge is 0.312 e. The van der Waals surface area contributed by atoms with E-state index in [1.54, 1.807) is 19.9 Å². The molecule has 0 aliphatic heterocycles. The Bertz CT molecular complexity index is 407. The lowest BCUT2D eigenvalue weighted by atomic mass is 10.2. The van der Waals surface area contributed by atoms with Gasteiger partial charge >= 0.3 is 5.69 Å². The van der Waals surface area contributed by atoms with Gasteiger partial charge in [0.2, 0.25) is 0 Å². The van der Waals surface area contributed by atoms with Gasteiger partial charge in [-0.25, -0.2) is 0 Å². The van der Waals surface area contributed by atoms with Gasteiger partial charge in [0.05, 0.1) is 4.92 Å². The summed E-state index contributed by atoms with van der Waals surface area (Å²) >= 11 is 3.21. The van der Waals surface area contributed by atoms with Gasteiger partial charge in [0.1, 0.15) is 6.61 Å². The Hall–Kier alpha value is -1.14. The summed E-state index contributed by atoms with van der Waals surface area (Å²) < 4.78 is 6.02. The molecule has 1 rings (SSSR count). The van der Waals surface area contributed by atoms with E-state index < -0.39 is 4.92 Å². The summed E-state index contributed by atoms with van der Waals surface area (Å²) in [6.45, 7) is 3.79. The van der Waals surface area contributed by atoms with Crippen LogP contribution in [0.5, 0.6) is 5.75 Å². The van der Waals surface area contributed by atoms with E-state index >= 15 is 0 Å². The number of rotatable bonds is 4. The molecule has 2 N–H and O–H groups in total. The molecular formula is C10H13BrN2O3. The number of ether oxygens (including phenoxy) is 1. The van der Waals surface area contributed by atoms with E-state index in [9.17, 15) is 10.1 Å². The van der Waals surface area contributed by atoms with Crippen LogP contribution in [-0.2, 0) is 0 Å². The standard InChI is InChI=1S/C10H13BrN2O3/c1-6-3-8(11)4-9(13(14)15)10(6)16-5-7(2)12/h3-4,7H,5,12H2,1-2H3. The predicted octanol–water partition coefficient (Wildman–Crippen LogP) is 2.39. The molecule has 0 aliphatic carbocycles. The van der Waals surface area contributed by atoms with Crippen LogP contribution >= 0.6 is 15.9 Å². The molecule has 0 amide bonds. The van der Waals surface area contributed by atoms with Crippen molar-refractivity contribution in [2.75, 3.05) is 6.61 Å². The largest absolute Gasteiger partial charge is 0.485 e. The van der Waals surface area contributed by atoms with E-state index in [0.717, 1.165) is 0 Å². The monoisotopic (exact) mass is 288 g/mol. The summed E-state index contributed by atoms with van der Waals surface area (Å²) in [5, 5.41) is 10.8. The molecule has 6 heteroatoms. The van der Waals surface area contributed by atoms with Gasteiger partial charge < -0.3 is 10.5 Å². The van der Waals surface area contributed by atoms with Crippen molar-refractivity contribution in [1.82, 2.24) is 0 Å². The molecule has 0 saturated heterocycles. The van der Waals surface area contributed by atoms with Gasteiger partial charge in [-0.15, -0.1) is 0 Å². The van der Waals surface area contributed by atoms with Crippen molar-refractivity contribution >= 4 is 21.6 Å². The molecule has 16 heavy (non-hydrogen) atoms. The van der Waals surface area contributed by atoms with Crippen molar-refractivity contribution in [2.45, 2.75) is 19.9 Å². The summed E-state index contributed by atoms with van der Waals surface area (Å²) in [6.07, 6.45) is 0. The van der Waals surface area contributed by atoms with E-state index in [1.165, 1.54) is 6.07 Å². The molecule has 88 valence electrons. The Labute approximate surface area is 102 Å². The third-order valence-electron chi connectivity index (χ3n) is 1.91. The number of aryl methyl sites for hydroxylation is 1. The molecule has 1 unspecified atom stereocenters. The van der Waals surface area contributed by atoms with Gasteiger partial charge in [-0.1, -0.05) is 15.9 Å².